The maximum atomic E-state index is 14.7. The predicted molar refractivity (Wildman–Crippen MR) is 186 cm³/mol. The molecule has 0 saturated carbocycles. The smallest absolute Gasteiger partial charge is 0.322 e. The third kappa shape index (κ3) is 6.77. The molecular formula is C28H30Cl8O19. The molecule has 2 saturated heterocycles. The molecule has 7 N–H and O–H groups in total. The molecular weight excluding hydrogens is 924 g/mol. The van der Waals surface area contributed by atoms with Crippen LogP contribution in [-0.4, -0.2) is 200 Å². The summed E-state index contributed by atoms with van der Waals surface area (Å²) in [6.07, 6.45) is -7.20. The van der Waals surface area contributed by atoms with Crippen LogP contribution < -0.4 is 0 Å². The minimum absolute atomic E-state index is 1.26. The molecule has 2 aliphatic heterocycles. The van der Waals surface area contributed by atoms with Crippen molar-refractivity contribution < 1.29 is 93.0 Å². The van der Waals surface area contributed by atoms with Crippen LogP contribution >= 0.6 is 92.8 Å². The van der Waals surface area contributed by atoms with E-state index in [1.807, 2.05) is 0 Å². The predicted octanol–water partition coefficient (Wildman–Crippen LogP) is -3.36. The molecule has 0 radical (unpaired) electrons. The van der Waals surface area contributed by atoms with Crippen LogP contribution in [-0.2, 0) is 57.3 Å². The number of alkyl halides is 8. The van der Waals surface area contributed by atoms with Gasteiger partial charge in [0.25, 0.3) is 5.79 Å². The van der Waals surface area contributed by atoms with E-state index in [1.54, 1.807) is 0 Å². The van der Waals surface area contributed by atoms with Crippen LogP contribution in [0.1, 0.15) is 0 Å². The summed E-state index contributed by atoms with van der Waals surface area (Å²) in [5.74, 6) is -40.5. The Bertz CT molecular complexity index is 1570. The van der Waals surface area contributed by atoms with E-state index >= 15 is 0 Å². The van der Waals surface area contributed by atoms with Crippen LogP contribution in [0, 0.1) is 0 Å². The number of carbonyl (C=O) groups is 8. The van der Waals surface area contributed by atoms with Crippen LogP contribution in [0.2, 0.25) is 0 Å². The summed E-state index contributed by atoms with van der Waals surface area (Å²) in [5, 5.41) is 80.4. The van der Waals surface area contributed by atoms with Gasteiger partial charge in [-0.2, -0.15) is 0 Å². The highest BCUT2D eigenvalue weighted by atomic mass is 35.5. The number of ketones is 7. The Hall–Kier alpha value is -0.920. The zero-order valence-corrected chi connectivity index (χ0v) is 33.4. The number of ether oxygens (including phenoxy) is 4. The quantitative estimate of drug-likeness (QED) is 0.0336. The van der Waals surface area contributed by atoms with Gasteiger partial charge in [-0.15, -0.1) is 92.8 Å². The zero-order chi connectivity index (χ0) is 42.8. The van der Waals surface area contributed by atoms with E-state index in [0.717, 1.165) is 0 Å². The van der Waals surface area contributed by atoms with Crippen molar-refractivity contribution >= 4 is 139 Å². The first-order valence-electron chi connectivity index (χ1n) is 14.8. The van der Waals surface area contributed by atoms with Gasteiger partial charge in [-0.3, -0.25) is 38.4 Å². The number of hydrogen-bond donors (Lipinski definition) is 7. The largest absolute Gasteiger partial charge is 0.442 e. The molecule has 0 spiro atoms. The Kier molecular flexibility index (Phi) is 16.9. The number of esters is 1. The molecule has 2 heterocycles. The van der Waals surface area contributed by atoms with Crippen LogP contribution in [0.3, 0.4) is 0 Å². The highest BCUT2D eigenvalue weighted by Gasteiger charge is 2.97. The van der Waals surface area contributed by atoms with Gasteiger partial charge in [0, 0.05) is 0 Å². The molecule has 0 aliphatic carbocycles. The number of aliphatic hydroxyl groups is 7. The topological polar surface area (TPSA) is 315 Å². The van der Waals surface area contributed by atoms with E-state index in [-0.39, 0.29) is 0 Å². The number of halogens is 8. The van der Waals surface area contributed by atoms with Crippen LogP contribution in [0.4, 0.5) is 0 Å². The minimum atomic E-state index is -5.13. The number of carbonyl (C=O) groups excluding carboxylic acids is 8. The minimum Gasteiger partial charge on any atom is -0.442 e. The third-order valence-electron chi connectivity index (χ3n) is 9.03. The van der Waals surface area contributed by atoms with Gasteiger partial charge in [0.2, 0.25) is 39.6 Å². The third-order valence-corrected chi connectivity index (χ3v) is 10.9. The average Bonchev–Trinajstić information content (AvgIpc) is 3.44. The van der Waals surface area contributed by atoms with Gasteiger partial charge in [0.05, 0.1) is 47.8 Å². The molecule has 2 rings (SSSR count). The van der Waals surface area contributed by atoms with Crippen molar-refractivity contribution in [3.05, 3.63) is 0 Å². The molecule has 0 aromatic carbocycles. The Balaban J connectivity index is 3.85. The first-order valence-corrected chi connectivity index (χ1v) is 19.1. The Morgan fingerprint density at radius 2 is 1.09 bits per heavy atom. The monoisotopic (exact) mass is 950 g/mol. The summed E-state index contributed by atoms with van der Waals surface area (Å²) in [6.45, 7) is -3.14. The summed E-state index contributed by atoms with van der Waals surface area (Å²) in [6, 6.07) is 0. The van der Waals surface area contributed by atoms with Gasteiger partial charge < -0.3 is 54.7 Å². The molecule has 0 aromatic rings. The molecule has 2 aliphatic rings. The summed E-state index contributed by atoms with van der Waals surface area (Å²) in [7, 11) is 0. The van der Waals surface area contributed by atoms with Crippen molar-refractivity contribution in [1.82, 2.24) is 0 Å². The summed E-state index contributed by atoms with van der Waals surface area (Å²) in [5.41, 5.74) is -24.7. The summed E-state index contributed by atoms with van der Waals surface area (Å²) >= 11 is 46.3. The lowest BCUT2D eigenvalue weighted by Crippen LogP contribution is -3.00. The molecule has 0 aromatic heterocycles. The Morgan fingerprint density at radius 1 is 0.636 bits per heavy atom. The second-order valence-electron chi connectivity index (χ2n) is 11.6. The van der Waals surface area contributed by atoms with E-state index in [4.69, 9.17) is 112 Å². The van der Waals surface area contributed by atoms with E-state index in [9.17, 15) is 74.1 Å². The van der Waals surface area contributed by atoms with E-state index in [2.05, 4.69) is 0 Å². The van der Waals surface area contributed by atoms with E-state index in [0.29, 0.717) is 0 Å². The molecule has 312 valence electrons. The Labute approximate surface area is 348 Å². The number of rotatable bonds is 21. The van der Waals surface area contributed by atoms with Crippen molar-refractivity contribution in [3.63, 3.8) is 0 Å². The van der Waals surface area contributed by atoms with Crippen molar-refractivity contribution in [2.24, 2.45) is 0 Å². The summed E-state index contributed by atoms with van der Waals surface area (Å²) in [4.78, 5) is 113. The van der Waals surface area contributed by atoms with Crippen LogP contribution in [0.15, 0.2) is 0 Å². The fourth-order valence-electron chi connectivity index (χ4n) is 6.59. The van der Waals surface area contributed by atoms with Crippen LogP contribution in [0.5, 0.6) is 0 Å². The SMILES string of the molecule is O=C(CCl)O[C@@]1(C(=O)CCl)[C@@](O)(C(=O)CCl)[C@](O)(C(=O)CCl)[C@@](OC2(CO)O[C@H](CO)[C@@H](O)[C@@H]2O)(C(=O)CCl)O[C@]1(C(=O)CCl)C(O)(C(=O)CCl)C(=O)CCl. The molecule has 1 unspecified atom stereocenters. The van der Waals surface area contributed by atoms with Crippen LogP contribution in [0.25, 0.3) is 0 Å². The first kappa shape index (κ1) is 50.2. The highest BCUT2D eigenvalue weighted by Crippen LogP contribution is 2.63. The average molecular weight is 954 g/mol. The maximum absolute atomic E-state index is 14.7. The first-order chi connectivity index (χ1) is 25.5. The maximum Gasteiger partial charge on any atom is 0.322 e. The normalized spacial score (nSPS) is 34.9. The molecule has 19 nitrogen and oxygen atoms in total. The molecule has 9 atom stereocenters. The van der Waals surface area contributed by atoms with Gasteiger partial charge in [-0.25, -0.2) is 0 Å². The van der Waals surface area contributed by atoms with E-state index < -0.39 is 165 Å². The number of Topliss-reactive ketones (excluding diaryl/α,β-unsaturated/α-hetero) is 7. The lowest BCUT2D eigenvalue weighted by molar-refractivity contribution is -0.465. The molecule has 27 heteroatoms. The van der Waals surface area contributed by atoms with Crippen molar-refractivity contribution in [3.8, 4) is 0 Å². The van der Waals surface area contributed by atoms with Crippen molar-refractivity contribution in [1.29, 1.82) is 0 Å². The van der Waals surface area contributed by atoms with Gasteiger partial charge in [0.1, 0.15) is 30.8 Å². The van der Waals surface area contributed by atoms with Gasteiger partial charge in [-0.1, -0.05) is 0 Å². The molecule has 0 amide bonds. The van der Waals surface area contributed by atoms with Gasteiger partial charge in [0.15, 0.2) is 34.7 Å². The summed E-state index contributed by atoms with van der Waals surface area (Å²) < 4.78 is 21.6. The Morgan fingerprint density at radius 3 is 1.45 bits per heavy atom. The number of aliphatic hydroxyl groups excluding tert-OH is 4. The second-order valence-corrected chi connectivity index (χ2v) is 13.7. The standard InChI is InChI=1S/C28H30Cl8O19/c29-1-12(39)23(49,13(40)2-30)26(16(43)5-33)27(17(44)6-34,53-19(46)8-36)24(50,14(41)3-31)25(51,15(42)4-32)28(55-26,18(45)7-35)54-22(10-38)21(48)20(47)11(9-37)52-22/h11,20-21,37-38,47-51H,1-10H2/t11-,20-,21+,22?,24-,25-,26-,27+,28-/m1/s1. The fraction of sp³-hybridized carbons (Fsp3) is 0.714. The van der Waals surface area contributed by atoms with E-state index in [1.165, 1.54) is 0 Å². The highest BCUT2D eigenvalue weighted by molar-refractivity contribution is 6.41. The molecule has 55 heavy (non-hydrogen) atoms. The van der Waals surface area contributed by atoms with Gasteiger partial charge >= 0.3 is 5.97 Å². The fourth-order valence-corrected chi connectivity index (χ4v) is 7.97. The molecule has 0 bridgehead atoms. The second kappa shape index (κ2) is 18.6. The van der Waals surface area contributed by atoms with Crippen molar-refractivity contribution in [2.75, 3.05) is 60.3 Å². The van der Waals surface area contributed by atoms with Crippen molar-refractivity contribution in [2.45, 2.75) is 57.9 Å². The molecule has 2 fully saturated rings. The lowest BCUT2D eigenvalue weighted by atomic mass is 9.48. The lowest BCUT2D eigenvalue weighted by Gasteiger charge is -2.68. The van der Waals surface area contributed by atoms with Gasteiger partial charge in [-0.05, 0) is 0 Å². The number of hydrogen-bond acceptors (Lipinski definition) is 19. The zero-order valence-electron chi connectivity index (χ0n) is 27.4.